The summed E-state index contributed by atoms with van der Waals surface area (Å²) in [6.45, 7) is 32.9. The molecule has 4 aromatic heterocycles. The lowest BCUT2D eigenvalue weighted by Gasteiger charge is -2.35. The van der Waals surface area contributed by atoms with Crippen LogP contribution in [-0.2, 0) is 47.7 Å². The van der Waals surface area contributed by atoms with Gasteiger partial charge in [0.1, 0.15) is 58.5 Å². The molecule has 0 radical (unpaired) electrons. The van der Waals surface area contributed by atoms with E-state index < -0.39 is 105 Å². The number of benzene rings is 2. The van der Waals surface area contributed by atoms with E-state index in [1.807, 2.05) is 104 Å². The number of amides is 4. The number of para-hydroxylation sites is 4. The van der Waals surface area contributed by atoms with Crippen molar-refractivity contribution in [3.05, 3.63) is 109 Å². The monoisotopic (exact) mass is 1440 g/mol. The first-order valence-electron chi connectivity index (χ1n) is 33.1. The molecular formula is C73H94ClN9O15S2. The summed E-state index contributed by atoms with van der Waals surface area (Å²) in [6.07, 6.45) is 1.84. The van der Waals surface area contributed by atoms with Gasteiger partial charge in [-0.3, -0.25) is 24.0 Å². The van der Waals surface area contributed by atoms with E-state index in [0.29, 0.717) is 58.8 Å². The second-order valence-corrected chi connectivity index (χ2v) is 31.1. The number of ether oxygens (including phenoxy) is 6. The van der Waals surface area contributed by atoms with Gasteiger partial charge in [-0.25, -0.2) is 34.3 Å². The van der Waals surface area contributed by atoms with Crippen molar-refractivity contribution < 1.29 is 71.9 Å². The second-order valence-electron chi connectivity index (χ2n) is 29.3. The number of aliphatic carboxylic acids is 1. The summed E-state index contributed by atoms with van der Waals surface area (Å²) < 4.78 is 33.8. The Morgan fingerprint density at radius 2 is 1.00 bits per heavy atom. The number of esters is 2. The van der Waals surface area contributed by atoms with Crippen molar-refractivity contribution in [2.45, 2.75) is 182 Å². The summed E-state index contributed by atoms with van der Waals surface area (Å²) in [5, 5.41) is 19.3. The Bertz CT molecular complexity index is 3960. The molecule has 0 unspecified atom stereocenters. The van der Waals surface area contributed by atoms with E-state index in [1.165, 1.54) is 32.5 Å². The number of likely N-dealkylation sites (tertiary alicyclic amines) is 2. The number of aromatic nitrogens is 4. The Balaban J connectivity index is 0.000000245. The number of carbonyl (C=O) groups excluding carboxylic acids is 7. The van der Waals surface area contributed by atoms with Crippen LogP contribution in [0.4, 0.5) is 9.59 Å². The fourth-order valence-electron chi connectivity index (χ4n) is 11.8. The van der Waals surface area contributed by atoms with E-state index in [1.54, 1.807) is 88.3 Å². The molecule has 10 rings (SSSR count). The molecule has 24 nitrogen and oxygen atoms in total. The lowest BCUT2D eigenvalue weighted by molar-refractivity contribution is -0.152. The van der Waals surface area contributed by atoms with Gasteiger partial charge in [-0.15, -0.1) is 48.2 Å². The number of carbonyl (C=O) groups is 8. The van der Waals surface area contributed by atoms with E-state index in [9.17, 15) is 43.5 Å². The number of rotatable bonds is 20. The van der Waals surface area contributed by atoms with Gasteiger partial charge in [0.15, 0.2) is 5.78 Å². The normalized spacial score (nSPS) is 22.1. The number of thiophene rings is 2. The number of carboxylic acids is 1. The Kier molecular flexibility index (Phi) is 25.2. The minimum atomic E-state index is -1.15. The van der Waals surface area contributed by atoms with E-state index in [0.717, 1.165) is 9.75 Å². The highest BCUT2D eigenvalue weighted by molar-refractivity contribution is 7.13. The Morgan fingerprint density at radius 3 is 1.35 bits per heavy atom. The number of nitrogens with zero attached hydrogens (tertiary/aromatic N) is 6. The highest BCUT2D eigenvalue weighted by Crippen LogP contribution is 2.57. The summed E-state index contributed by atoms with van der Waals surface area (Å²) >= 11 is 2.99. The average molecular weight is 1440 g/mol. The molecule has 0 bridgehead atoms. The van der Waals surface area contributed by atoms with Crippen LogP contribution in [0, 0.1) is 28.1 Å². The average Bonchev–Trinajstić information content (AvgIpc) is 1.61. The number of allylic oxidation sites excluding steroid dienone is 1. The van der Waals surface area contributed by atoms with Crippen molar-refractivity contribution in [3.63, 3.8) is 0 Å². The zero-order chi connectivity index (χ0) is 72.7. The smallest absolute Gasteiger partial charge is 0.408 e. The minimum absolute atomic E-state index is 0. The molecule has 27 heteroatoms. The molecule has 2 aliphatic carbocycles. The number of alkyl carbamates (subject to hydrolysis) is 2. The largest absolute Gasteiger partial charge is 0.480 e. The Morgan fingerprint density at radius 1 is 0.600 bits per heavy atom. The molecule has 6 heterocycles. The maximum absolute atomic E-state index is 14.5. The third kappa shape index (κ3) is 19.3. The zero-order valence-corrected chi connectivity index (χ0v) is 61.7. The number of nitrogens with two attached hydrogens (primary N) is 1. The molecule has 2 aliphatic heterocycles. The number of hydrogen-bond acceptors (Lipinski definition) is 21. The SMILES string of the molecule is C=C[C@@H]1C[C@]1(CC(=O)[C@@H]1C[C@@H](Oc2nc3ccccc3nc2-c2cccs2)CN1C(=O)[C@@H](NC(=O)OC(C)(C)C)C(C)(C)C)C(=O)OCC.C=C[C@@H]1C[C@]1(N)C(=O)OCC.CC(C)(C)OC(=O)N[C@H](C(=O)N1C[C@H](Oc2nc3ccccc3nc2-c2cccs2)C[C@H]1C(=O)O)C(C)(C)C.Cl. The molecule has 4 amide bonds. The maximum Gasteiger partial charge on any atom is 0.408 e. The first kappa shape index (κ1) is 78.7. The molecule has 4 fully saturated rings. The van der Waals surface area contributed by atoms with E-state index in [2.05, 4.69) is 28.8 Å². The van der Waals surface area contributed by atoms with Gasteiger partial charge in [-0.2, -0.15) is 0 Å². The van der Waals surface area contributed by atoms with Crippen molar-refractivity contribution in [3.8, 4) is 32.9 Å². The second kappa shape index (κ2) is 31.9. The number of ketones is 1. The van der Waals surface area contributed by atoms with Crippen LogP contribution in [0.1, 0.15) is 129 Å². The third-order valence-electron chi connectivity index (χ3n) is 17.0. The molecule has 100 heavy (non-hydrogen) atoms. The van der Waals surface area contributed by atoms with Crippen LogP contribution in [-0.4, -0.2) is 162 Å². The predicted molar refractivity (Wildman–Crippen MR) is 384 cm³/mol. The number of nitrogens with one attached hydrogen (secondary N) is 2. The van der Waals surface area contributed by atoms with Crippen molar-refractivity contribution in [1.29, 1.82) is 0 Å². The van der Waals surface area contributed by atoms with Gasteiger partial charge in [0.25, 0.3) is 0 Å². The molecule has 0 spiro atoms. The van der Waals surface area contributed by atoms with Gasteiger partial charge in [0.05, 0.1) is 69.6 Å². The molecule has 5 N–H and O–H groups in total. The molecular weight excluding hydrogens is 1340 g/mol. The van der Waals surface area contributed by atoms with Crippen LogP contribution >= 0.6 is 35.1 Å². The quantitative estimate of drug-likeness (QED) is 0.0313. The van der Waals surface area contributed by atoms with Gasteiger partial charge >= 0.3 is 30.1 Å². The van der Waals surface area contributed by atoms with Crippen LogP contribution in [0.3, 0.4) is 0 Å². The zero-order valence-electron chi connectivity index (χ0n) is 59.3. The molecule has 540 valence electrons. The minimum Gasteiger partial charge on any atom is -0.480 e. The molecule has 10 atom stereocenters. The van der Waals surface area contributed by atoms with Crippen molar-refractivity contribution in [2.75, 3.05) is 26.3 Å². The number of hydrogen-bond donors (Lipinski definition) is 4. The molecule has 2 saturated carbocycles. The lowest BCUT2D eigenvalue weighted by Crippen LogP contribution is -2.57. The van der Waals surface area contributed by atoms with Gasteiger partial charge in [-0.05, 0) is 132 Å². The predicted octanol–water partition coefficient (Wildman–Crippen LogP) is 12.0. The first-order chi connectivity index (χ1) is 46.4. The summed E-state index contributed by atoms with van der Waals surface area (Å²) in [7, 11) is 0. The van der Waals surface area contributed by atoms with E-state index in [4.69, 9.17) is 49.1 Å². The highest BCUT2D eigenvalue weighted by atomic mass is 35.5. The lowest BCUT2D eigenvalue weighted by atomic mass is 9.85. The standard InChI is InChI=1S/C37H46N4O7S.C28H34N4O6S.C8H13NO2.ClH/c1-9-22-19-37(22,33(44)46-10-2)20-27(42)26-18-23(21-41(26)32(43)30(35(3,4)5)40-34(45)48-36(6,7)8)47-31-29(28-16-13-17-49-28)38-24-14-11-12-15-25(24)39-31;1-27(2,3)22(31-26(36)38-28(4,5)6)24(33)32-15-16(14-19(32)25(34)35)37-23-21(20-12-9-13-39-20)29-17-10-7-8-11-18(17)30-23;1-3-6-5-8(6,9)7(10)11-4-2;/h9,11-17,22-23,26,30H,1,10,18-21H2,2-8H3,(H,40,45);7-13,16,19,22H,14-15H2,1-6H3,(H,31,36)(H,34,35);3,6H,1,4-5,9H2,2H3;1H/t22-,23-,26+,30-,37-;16-,19+,22-;6-,8-;/m111./s1. The number of fused-ring (bicyclic) bond motifs is 2. The van der Waals surface area contributed by atoms with Crippen LogP contribution in [0.15, 0.2) is 109 Å². The summed E-state index contributed by atoms with van der Waals surface area (Å²) in [5.74, 6) is -2.67. The molecule has 4 aliphatic rings. The van der Waals surface area contributed by atoms with Crippen molar-refractivity contribution in [2.24, 2.45) is 33.8 Å². The van der Waals surface area contributed by atoms with E-state index in [-0.39, 0.29) is 80.8 Å². The fraction of sp³-hybridized carbons (Fsp3) is 0.507. The maximum atomic E-state index is 14.5. The van der Waals surface area contributed by atoms with Crippen LogP contribution in [0.5, 0.6) is 11.8 Å². The fourth-order valence-corrected chi connectivity index (χ4v) is 13.2. The van der Waals surface area contributed by atoms with Crippen LogP contribution in [0.2, 0.25) is 0 Å². The van der Waals surface area contributed by atoms with Crippen molar-refractivity contribution in [1.82, 2.24) is 40.4 Å². The van der Waals surface area contributed by atoms with Gasteiger partial charge < -0.3 is 59.7 Å². The summed E-state index contributed by atoms with van der Waals surface area (Å²) in [4.78, 5) is 128. The summed E-state index contributed by atoms with van der Waals surface area (Å²) in [5.41, 5.74) is 4.74. The van der Waals surface area contributed by atoms with Gasteiger partial charge in [0.2, 0.25) is 23.6 Å². The molecule has 6 aromatic rings. The Labute approximate surface area is 597 Å². The van der Waals surface area contributed by atoms with Crippen LogP contribution in [0.25, 0.3) is 43.2 Å². The van der Waals surface area contributed by atoms with Crippen LogP contribution < -0.4 is 25.8 Å². The van der Waals surface area contributed by atoms with E-state index >= 15 is 0 Å². The molecule has 2 aromatic carbocycles. The Hall–Kier alpha value is -8.59. The third-order valence-corrected chi connectivity index (χ3v) is 18.8. The summed E-state index contributed by atoms with van der Waals surface area (Å²) in [6, 6.07) is 18.5. The highest BCUT2D eigenvalue weighted by Gasteiger charge is 2.62. The van der Waals surface area contributed by atoms with Gasteiger partial charge in [0, 0.05) is 25.2 Å². The van der Waals surface area contributed by atoms with Crippen molar-refractivity contribution >= 4 is 105 Å². The number of carboxylic acid groups (broad SMARTS) is 1. The molecule has 2 saturated heterocycles. The van der Waals surface area contributed by atoms with Gasteiger partial charge in [-0.1, -0.05) is 90.1 Å². The number of Topliss-reactive ketones (excluding diaryl/α,β-unsaturated/α-hetero) is 1. The topological polar surface area (TPSA) is 320 Å². The number of halogens is 1. The first-order valence-corrected chi connectivity index (χ1v) is 34.9.